The van der Waals surface area contributed by atoms with Crippen molar-refractivity contribution in [1.82, 2.24) is 9.80 Å². The number of benzene rings is 3. The number of carbonyl (C=O) groups is 2. The normalized spacial score (nSPS) is 15.4. The van der Waals surface area contributed by atoms with Crippen LogP contribution >= 0.6 is 23.8 Å². The molecule has 4 rings (SSSR count). The van der Waals surface area contributed by atoms with Crippen LogP contribution < -0.4 is 10.1 Å². The predicted octanol–water partition coefficient (Wildman–Crippen LogP) is 5.27. The number of halogens is 1. The van der Waals surface area contributed by atoms with E-state index in [0.717, 1.165) is 11.1 Å². The van der Waals surface area contributed by atoms with E-state index in [1.54, 1.807) is 28.0 Å². The van der Waals surface area contributed by atoms with Crippen molar-refractivity contribution in [2.24, 2.45) is 0 Å². The summed E-state index contributed by atoms with van der Waals surface area (Å²) in [6.45, 7) is 3.09. The smallest absolute Gasteiger partial charge is 0.252 e. The third-order valence-electron chi connectivity index (χ3n) is 5.69. The van der Waals surface area contributed by atoms with Crippen molar-refractivity contribution in [3.05, 3.63) is 95.0 Å². The zero-order valence-corrected chi connectivity index (χ0v) is 20.9. The lowest BCUT2D eigenvalue weighted by atomic mass is 10.1. The van der Waals surface area contributed by atoms with Crippen molar-refractivity contribution in [2.45, 2.75) is 32.5 Å². The molecule has 1 heterocycles. The zero-order chi connectivity index (χ0) is 24.8. The highest BCUT2D eigenvalue weighted by Crippen LogP contribution is 2.28. The summed E-state index contributed by atoms with van der Waals surface area (Å²) in [5.41, 5.74) is 2.40. The second-order valence-corrected chi connectivity index (χ2v) is 8.91. The summed E-state index contributed by atoms with van der Waals surface area (Å²) in [5, 5.41) is 3.85. The van der Waals surface area contributed by atoms with Crippen LogP contribution in [0.25, 0.3) is 0 Å². The SMILES string of the molecule is CCOc1cccc(NC(=O)CC2C(=O)N(Cc3ccccc3)C(=S)N2Cc2ccccc2Cl)c1. The van der Waals surface area contributed by atoms with Gasteiger partial charge in [-0.05, 0) is 48.5 Å². The molecule has 35 heavy (non-hydrogen) atoms. The van der Waals surface area contributed by atoms with Gasteiger partial charge in [-0.1, -0.05) is 66.2 Å². The topological polar surface area (TPSA) is 61.9 Å². The Hall–Kier alpha value is -3.42. The number of thiocarbonyl (C=S) groups is 1. The lowest BCUT2D eigenvalue weighted by Gasteiger charge is -2.24. The number of anilines is 1. The largest absolute Gasteiger partial charge is 0.494 e. The van der Waals surface area contributed by atoms with Crippen LogP contribution in [-0.4, -0.2) is 39.4 Å². The molecule has 1 saturated heterocycles. The van der Waals surface area contributed by atoms with Crippen molar-refractivity contribution >= 4 is 46.4 Å². The summed E-state index contributed by atoms with van der Waals surface area (Å²) in [5.74, 6) is 0.174. The van der Waals surface area contributed by atoms with E-state index < -0.39 is 6.04 Å². The minimum absolute atomic E-state index is 0.0480. The van der Waals surface area contributed by atoms with Crippen molar-refractivity contribution in [1.29, 1.82) is 0 Å². The van der Waals surface area contributed by atoms with Gasteiger partial charge in [0.1, 0.15) is 11.8 Å². The molecule has 1 atom stereocenters. The predicted molar refractivity (Wildman–Crippen MR) is 141 cm³/mol. The van der Waals surface area contributed by atoms with Gasteiger partial charge in [0.25, 0.3) is 5.91 Å². The van der Waals surface area contributed by atoms with E-state index in [0.29, 0.717) is 41.3 Å². The fourth-order valence-electron chi connectivity index (χ4n) is 4.01. The molecule has 1 unspecified atom stereocenters. The van der Waals surface area contributed by atoms with Crippen molar-refractivity contribution in [2.75, 3.05) is 11.9 Å². The van der Waals surface area contributed by atoms with Crippen LogP contribution in [0.5, 0.6) is 5.75 Å². The highest BCUT2D eigenvalue weighted by atomic mass is 35.5. The molecule has 3 aromatic rings. The molecule has 0 radical (unpaired) electrons. The molecule has 180 valence electrons. The molecular weight excluding hydrogens is 482 g/mol. The van der Waals surface area contributed by atoms with Crippen LogP contribution in [0, 0.1) is 0 Å². The van der Waals surface area contributed by atoms with E-state index in [1.807, 2.05) is 67.6 Å². The second-order valence-electron chi connectivity index (χ2n) is 8.14. The Bertz CT molecular complexity index is 1220. The average Bonchev–Trinajstić information content (AvgIpc) is 3.05. The monoisotopic (exact) mass is 507 g/mol. The molecule has 0 bridgehead atoms. The Morgan fingerprint density at radius 1 is 1.03 bits per heavy atom. The maximum absolute atomic E-state index is 13.5. The number of hydrogen-bond donors (Lipinski definition) is 1. The van der Waals surface area contributed by atoms with Gasteiger partial charge in [0.2, 0.25) is 5.91 Å². The number of ether oxygens (including phenoxy) is 1. The third-order valence-corrected chi connectivity index (χ3v) is 6.52. The molecule has 6 nitrogen and oxygen atoms in total. The molecule has 0 saturated carbocycles. The first-order chi connectivity index (χ1) is 17.0. The Labute approximate surface area is 215 Å². The number of hydrogen-bond acceptors (Lipinski definition) is 4. The maximum Gasteiger partial charge on any atom is 0.252 e. The van der Waals surface area contributed by atoms with Crippen LogP contribution in [0.4, 0.5) is 5.69 Å². The van der Waals surface area contributed by atoms with Crippen LogP contribution in [-0.2, 0) is 22.7 Å². The molecule has 2 amide bonds. The van der Waals surface area contributed by atoms with Gasteiger partial charge in [-0.3, -0.25) is 14.5 Å². The fraction of sp³-hybridized carbons (Fsp3) is 0.222. The van der Waals surface area contributed by atoms with E-state index in [9.17, 15) is 9.59 Å². The molecule has 0 aliphatic carbocycles. The van der Waals surface area contributed by atoms with Crippen LogP contribution in [0.3, 0.4) is 0 Å². The van der Waals surface area contributed by atoms with E-state index in [4.69, 9.17) is 28.6 Å². The van der Waals surface area contributed by atoms with E-state index in [1.165, 1.54) is 0 Å². The minimum atomic E-state index is -0.738. The van der Waals surface area contributed by atoms with Gasteiger partial charge in [0.05, 0.1) is 19.6 Å². The standard InChI is InChI=1S/C27H26ClN3O3S/c1-2-34-22-13-8-12-21(15-22)29-25(32)16-24-26(33)31(17-19-9-4-3-5-10-19)27(35)30(24)18-20-11-6-7-14-23(20)28/h3-15,24H,2,16-18H2,1H3,(H,29,32). The number of amides is 2. The number of nitrogens with one attached hydrogen (secondary N) is 1. The molecular formula is C27H26ClN3O3S. The van der Waals surface area contributed by atoms with Gasteiger partial charge in [0, 0.05) is 23.3 Å². The molecule has 8 heteroatoms. The average molecular weight is 508 g/mol. The highest BCUT2D eigenvalue weighted by molar-refractivity contribution is 7.80. The van der Waals surface area contributed by atoms with Gasteiger partial charge < -0.3 is 15.0 Å². The van der Waals surface area contributed by atoms with Crippen molar-refractivity contribution in [3.63, 3.8) is 0 Å². The maximum atomic E-state index is 13.5. The molecule has 1 aliphatic rings. The fourth-order valence-corrected chi connectivity index (χ4v) is 4.55. The molecule has 0 spiro atoms. The number of rotatable bonds is 9. The summed E-state index contributed by atoms with van der Waals surface area (Å²) < 4.78 is 5.51. The number of carbonyl (C=O) groups excluding carboxylic acids is 2. The Kier molecular flexibility index (Phi) is 8.00. The Morgan fingerprint density at radius 3 is 2.51 bits per heavy atom. The van der Waals surface area contributed by atoms with Gasteiger partial charge >= 0.3 is 0 Å². The second kappa shape index (κ2) is 11.3. The minimum Gasteiger partial charge on any atom is -0.494 e. The van der Waals surface area contributed by atoms with Crippen LogP contribution in [0.15, 0.2) is 78.9 Å². The zero-order valence-electron chi connectivity index (χ0n) is 19.3. The lowest BCUT2D eigenvalue weighted by molar-refractivity contribution is -0.131. The van der Waals surface area contributed by atoms with Gasteiger partial charge in [-0.15, -0.1) is 0 Å². The van der Waals surface area contributed by atoms with Gasteiger partial charge in [-0.2, -0.15) is 0 Å². The van der Waals surface area contributed by atoms with Gasteiger partial charge in [0.15, 0.2) is 5.11 Å². The quantitative estimate of drug-likeness (QED) is 0.400. The van der Waals surface area contributed by atoms with Crippen molar-refractivity contribution in [3.8, 4) is 5.75 Å². The van der Waals surface area contributed by atoms with E-state index in [-0.39, 0.29) is 18.2 Å². The van der Waals surface area contributed by atoms with E-state index >= 15 is 0 Å². The highest BCUT2D eigenvalue weighted by Gasteiger charge is 2.43. The molecule has 0 aromatic heterocycles. The third kappa shape index (κ3) is 5.99. The lowest BCUT2D eigenvalue weighted by Crippen LogP contribution is -2.37. The first kappa shape index (κ1) is 24.7. The first-order valence-corrected chi connectivity index (χ1v) is 12.2. The molecule has 1 fully saturated rings. The summed E-state index contributed by atoms with van der Waals surface area (Å²) in [6, 6.07) is 23.5. The molecule has 3 aromatic carbocycles. The molecule has 1 aliphatic heterocycles. The summed E-state index contributed by atoms with van der Waals surface area (Å²) in [7, 11) is 0. The summed E-state index contributed by atoms with van der Waals surface area (Å²) >= 11 is 12.1. The van der Waals surface area contributed by atoms with Crippen LogP contribution in [0.2, 0.25) is 5.02 Å². The summed E-state index contributed by atoms with van der Waals surface area (Å²) in [4.78, 5) is 29.9. The van der Waals surface area contributed by atoms with Crippen molar-refractivity contribution < 1.29 is 14.3 Å². The number of nitrogens with zero attached hydrogens (tertiary/aromatic N) is 2. The van der Waals surface area contributed by atoms with E-state index in [2.05, 4.69) is 5.32 Å². The van der Waals surface area contributed by atoms with Crippen LogP contribution in [0.1, 0.15) is 24.5 Å². The Balaban J connectivity index is 1.55. The molecule has 1 N–H and O–H groups in total. The Morgan fingerprint density at radius 2 is 1.77 bits per heavy atom. The first-order valence-electron chi connectivity index (χ1n) is 11.4. The summed E-state index contributed by atoms with van der Waals surface area (Å²) in [6.07, 6.45) is -0.0480. The van der Waals surface area contributed by atoms with Gasteiger partial charge in [-0.25, -0.2) is 0 Å².